The number of ether oxygens (including phenoxy) is 2. The lowest BCUT2D eigenvalue weighted by molar-refractivity contribution is -0.870. The average molecular weight is 810 g/mol. The SMILES string of the molecule is CC/C=C/C/C=C/C/C=C/CCCCCCCC(=O)OC[C@H](COP(=O)([O-])OCC[N+](C)(C)C)OC(=O)CCCCCCCCC/C=C/CCCCCCCC. The number of allylic oxidation sites excluding steroid dienone is 8. The van der Waals surface area contributed by atoms with Gasteiger partial charge in [-0.15, -0.1) is 0 Å². The first-order valence-electron chi connectivity index (χ1n) is 22.3. The van der Waals surface area contributed by atoms with Gasteiger partial charge in [0.25, 0.3) is 7.82 Å². The molecule has 0 heterocycles. The van der Waals surface area contributed by atoms with Crippen molar-refractivity contribution >= 4 is 19.8 Å². The summed E-state index contributed by atoms with van der Waals surface area (Å²) in [7, 11) is 1.15. The number of hydrogen-bond acceptors (Lipinski definition) is 8. The highest BCUT2D eigenvalue weighted by Gasteiger charge is 2.21. The van der Waals surface area contributed by atoms with Gasteiger partial charge in [0.1, 0.15) is 19.8 Å². The van der Waals surface area contributed by atoms with Crippen LogP contribution in [0, 0.1) is 0 Å². The predicted octanol–water partition coefficient (Wildman–Crippen LogP) is 12.1. The van der Waals surface area contributed by atoms with Gasteiger partial charge in [-0.3, -0.25) is 14.2 Å². The fraction of sp³-hybridized carbons (Fsp3) is 0.783. The second-order valence-corrected chi connectivity index (χ2v) is 17.4. The topological polar surface area (TPSA) is 111 Å². The van der Waals surface area contributed by atoms with Crippen molar-refractivity contribution in [1.82, 2.24) is 0 Å². The second kappa shape index (κ2) is 38.5. The number of quaternary nitrogens is 1. The van der Waals surface area contributed by atoms with E-state index >= 15 is 0 Å². The van der Waals surface area contributed by atoms with Crippen molar-refractivity contribution < 1.29 is 42.1 Å². The molecule has 0 aromatic rings. The van der Waals surface area contributed by atoms with E-state index in [1.165, 1.54) is 64.2 Å². The van der Waals surface area contributed by atoms with Crippen LogP contribution in [-0.4, -0.2) is 70.0 Å². The minimum Gasteiger partial charge on any atom is -0.756 e. The molecule has 10 heteroatoms. The van der Waals surface area contributed by atoms with Gasteiger partial charge < -0.3 is 27.9 Å². The van der Waals surface area contributed by atoms with E-state index < -0.39 is 32.5 Å². The van der Waals surface area contributed by atoms with E-state index in [2.05, 4.69) is 62.5 Å². The maximum Gasteiger partial charge on any atom is 0.306 e. The molecule has 0 spiro atoms. The van der Waals surface area contributed by atoms with E-state index in [-0.39, 0.29) is 26.1 Å². The van der Waals surface area contributed by atoms with Gasteiger partial charge in [-0.2, -0.15) is 0 Å². The summed E-state index contributed by atoms with van der Waals surface area (Å²) in [5, 5.41) is 0. The number of carbonyl (C=O) groups is 2. The average Bonchev–Trinajstić information content (AvgIpc) is 3.15. The van der Waals surface area contributed by atoms with E-state index in [1.807, 2.05) is 21.1 Å². The summed E-state index contributed by atoms with van der Waals surface area (Å²) >= 11 is 0. The van der Waals surface area contributed by atoms with Gasteiger partial charge in [0, 0.05) is 12.8 Å². The summed E-state index contributed by atoms with van der Waals surface area (Å²) in [4.78, 5) is 37.5. The molecule has 56 heavy (non-hydrogen) atoms. The van der Waals surface area contributed by atoms with E-state index in [0.29, 0.717) is 23.9 Å². The van der Waals surface area contributed by atoms with Crippen LogP contribution in [0.4, 0.5) is 0 Å². The Balaban J connectivity index is 4.38. The standard InChI is InChI=1S/C46H84NO8P/c1-6-8-10-12-14-16-18-20-22-23-25-27-29-31-33-35-37-39-46(49)55-44(43-54-56(50,51)53-41-40-47(3,4)5)42-52-45(48)38-36-34-32-30-28-26-24-21-19-17-15-13-11-9-7-2/h9,11,15,17,20-22,24,44H,6-8,10,12-14,16,18-19,23,25-43H2,1-5H3/b11-9+,17-15+,22-20+,24-21+/t44-/m1/s1. The van der Waals surface area contributed by atoms with Crippen molar-refractivity contribution in [3.63, 3.8) is 0 Å². The van der Waals surface area contributed by atoms with Crippen LogP contribution < -0.4 is 4.89 Å². The van der Waals surface area contributed by atoms with Crippen LogP contribution >= 0.6 is 7.82 Å². The number of hydrogen-bond donors (Lipinski definition) is 0. The lowest BCUT2D eigenvalue weighted by atomic mass is 10.1. The molecule has 0 saturated carbocycles. The number of unbranched alkanes of at least 4 members (excludes halogenated alkanes) is 18. The Morgan fingerprint density at radius 3 is 1.54 bits per heavy atom. The first kappa shape index (κ1) is 54.0. The molecule has 0 N–H and O–H groups in total. The Hall–Kier alpha value is -2.03. The van der Waals surface area contributed by atoms with Crippen LogP contribution in [0.15, 0.2) is 48.6 Å². The van der Waals surface area contributed by atoms with E-state index in [4.69, 9.17) is 18.5 Å². The van der Waals surface area contributed by atoms with Crippen molar-refractivity contribution in [3.8, 4) is 0 Å². The quantitative estimate of drug-likeness (QED) is 0.0198. The molecule has 0 aliphatic heterocycles. The summed E-state index contributed by atoms with van der Waals surface area (Å²) < 4.78 is 33.9. The third-order valence-electron chi connectivity index (χ3n) is 9.33. The van der Waals surface area contributed by atoms with Crippen LogP contribution in [-0.2, 0) is 32.7 Å². The summed E-state index contributed by atoms with van der Waals surface area (Å²) in [6.07, 6.45) is 44.2. The monoisotopic (exact) mass is 810 g/mol. The van der Waals surface area contributed by atoms with Crippen molar-refractivity contribution in [3.05, 3.63) is 48.6 Å². The largest absolute Gasteiger partial charge is 0.756 e. The molecule has 9 nitrogen and oxygen atoms in total. The van der Waals surface area contributed by atoms with Gasteiger partial charge in [0.05, 0.1) is 27.7 Å². The summed E-state index contributed by atoms with van der Waals surface area (Å²) in [5.74, 6) is -0.860. The first-order valence-corrected chi connectivity index (χ1v) is 23.8. The lowest BCUT2D eigenvalue weighted by Crippen LogP contribution is -2.37. The predicted molar refractivity (Wildman–Crippen MR) is 231 cm³/mol. The molecule has 0 amide bonds. The minimum absolute atomic E-state index is 0.0359. The van der Waals surface area contributed by atoms with Crippen molar-refractivity contribution in [2.75, 3.05) is 47.5 Å². The van der Waals surface area contributed by atoms with Crippen molar-refractivity contribution in [1.29, 1.82) is 0 Å². The molecule has 0 aliphatic carbocycles. The summed E-state index contributed by atoms with van der Waals surface area (Å²) in [6.45, 7) is 4.08. The van der Waals surface area contributed by atoms with Crippen LogP contribution in [0.5, 0.6) is 0 Å². The van der Waals surface area contributed by atoms with E-state index in [1.54, 1.807) is 0 Å². The zero-order chi connectivity index (χ0) is 41.4. The number of carbonyl (C=O) groups excluding carboxylic acids is 2. The van der Waals surface area contributed by atoms with Crippen LogP contribution in [0.3, 0.4) is 0 Å². The Morgan fingerprint density at radius 2 is 1.02 bits per heavy atom. The smallest absolute Gasteiger partial charge is 0.306 e. The number of phosphoric ester groups is 1. The number of esters is 2. The Bertz CT molecular complexity index is 1100. The van der Waals surface area contributed by atoms with Gasteiger partial charge in [-0.25, -0.2) is 0 Å². The van der Waals surface area contributed by atoms with Gasteiger partial charge in [0.2, 0.25) is 0 Å². The number of nitrogens with zero attached hydrogens (tertiary/aromatic N) is 1. The zero-order valence-electron chi connectivity index (χ0n) is 36.6. The minimum atomic E-state index is -4.63. The molecular formula is C46H84NO8P. The van der Waals surface area contributed by atoms with E-state index in [9.17, 15) is 19.0 Å². The highest BCUT2D eigenvalue weighted by molar-refractivity contribution is 7.45. The van der Waals surface area contributed by atoms with Crippen LogP contribution in [0.1, 0.15) is 181 Å². The van der Waals surface area contributed by atoms with Gasteiger partial charge in [0.15, 0.2) is 6.10 Å². The number of rotatable bonds is 40. The fourth-order valence-electron chi connectivity index (χ4n) is 5.84. The molecule has 0 aromatic heterocycles. The van der Waals surface area contributed by atoms with E-state index in [0.717, 1.165) is 77.0 Å². The molecule has 326 valence electrons. The van der Waals surface area contributed by atoms with Gasteiger partial charge in [-0.05, 0) is 70.6 Å². The fourth-order valence-corrected chi connectivity index (χ4v) is 6.57. The molecule has 0 aromatic carbocycles. The molecule has 2 atom stereocenters. The molecule has 0 saturated heterocycles. The molecule has 0 aliphatic rings. The third-order valence-corrected chi connectivity index (χ3v) is 10.3. The summed E-state index contributed by atoms with van der Waals surface area (Å²) in [6, 6.07) is 0. The van der Waals surface area contributed by atoms with Gasteiger partial charge >= 0.3 is 11.9 Å². The first-order chi connectivity index (χ1) is 27.0. The Morgan fingerprint density at radius 1 is 0.571 bits per heavy atom. The maximum atomic E-state index is 12.7. The normalized spacial score (nSPS) is 14.0. The van der Waals surface area contributed by atoms with Crippen molar-refractivity contribution in [2.45, 2.75) is 187 Å². The Kier molecular flexibility index (Phi) is 37.1. The van der Waals surface area contributed by atoms with Crippen LogP contribution in [0.2, 0.25) is 0 Å². The zero-order valence-corrected chi connectivity index (χ0v) is 37.5. The maximum absolute atomic E-state index is 12.7. The molecule has 0 radical (unpaired) electrons. The molecule has 1 unspecified atom stereocenters. The number of likely N-dealkylation sites (N-methyl/N-ethyl adjacent to an activating group) is 1. The van der Waals surface area contributed by atoms with Gasteiger partial charge in [-0.1, -0.05) is 146 Å². The molecule has 0 bridgehead atoms. The second-order valence-electron chi connectivity index (χ2n) is 16.0. The molecule has 0 rings (SSSR count). The molecule has 0 fully saturated rings. The van der Waals surface area contributed by atoms with Crippen LogP contribution in [0.25, 0.3) is 0 Å². The van der Waals surface area contributed by atoms with Crippen molar-refractivity contribution in [2.24, 2.45) is 0 Å². The lowest BCUT2D eigenvalue weighted by Gasteiger charge is -2.28. The Labute approximate surface area is 343 Å². The summed E-state index contributed by atoms with van der Waals surface area (Å²) in [5.41, 5.74) is 0. The highest BCUT2D eigenvalue weighted by atomic mass is 31.2. The highest BCUT2D eigenvalue weighted by Crippen LogP contribution is 2.38. The number of phosphoric acid groups is 1. The molecular weight excluding hydrogens is 725 g/mol. The third kappa shape index (κ3) is 41.6.